The molecule has 0 amide bonds. The Balaban J connectivity index is 2.33. The molecule has 1 atom stereocenters. The third-order valence-corrected chi connectivity index (χ3v) is 3.88. The maximum Gasteiger partial charge on any atom is 0.146 e. The Bertz CT molecular complexity index is 649. The van der Waals surface area contributed by atoms with E-state index in [4.69, 9.17) is 33.7 Å². The van der Waals surface area contributed by atoms with Crippen LogP contribution < -0.4 is 10.5 Å². The third-order valence-electron chi connectivity index (χ3n) is 2.68. The van der Waals surface area contributed by atoms with E-state index in [1.54, 1.807) is 12.1 Å². The molecule has 20 heavy (non-hydrogen) atoms. The molecule has 0 aromatic heterocycles. The van der Waals surface area contributed by atoms with Crippen molar-refractivity contribution < 1.29 is 9.13 Å². The van der Waals surface area contributed by atoms with Crippen LogP contribution in [0.5, 0.6) is 11.5 Å². The van der Waals surface area contributed by atoms with Crippen LogP contribution in [0.3, 0.4) is 0 Å². The fourth-order valence-electron chi connectivity index (χ4n) is 1.58. The van der Waals surface area contributed by atoms with E-state index in [-0.39, 0.29) is 11.1 Å². The average Bonchev–Trinajstić information content (AvgIpc) is 2.37. The molecule has 0 bridgehead atoms. The third kappa shape index (κ3) is 3.44. The van der Waals surface area contributed by atoms with E-state index in [0.717, 1.165) is 5.56 Å². The second kappa shape index (κ2) is 6.31. The van der Waals surface area contributed by atoms with Crippen LogP contribution in [0.4, 0.5) is 4.39 Å². The lowest BCUT2D eigenvalue weighted by Gasteiger charge is -2.12. The van der Waals surface area contributed by atoms with Crippen molar-refractivity contribution in [2.75, 3.05) is 0 Å². The SMILES string of the molecule is C[C@@H](N)c1ccc(Oc2cc(F)c(Cl)cc2Br)c(Cl)c1. The summed E-state index contributed by atoms with van der Waals surface area (Å²) < 4.78 is 19.6. The second-order valence-corrected chi connectivity index (χ2v) is 5.95. The van der Waals surface area contributed by atoms with E-state index in [1.165, 1.54) is 12.1 Å². The molecule has 6 heteroatoms. The smallest absolute Gasteiger partial charge is 0.146 e. The largest absolute Gasteiger partial charge is 0.455 e. The Hall–Kier alpha value is -0.810. The summed E-state index contributed by atoms with van der Waals surface area (Å²) >= 11 is 15.1. The highest BCUT2D eigenvalue weighted by molar-refractivity contribution is 9.10. The normalized spacial score (nSPS) is 12.3. The Labute approximate surface area is 134 Å². The Kier molecular flexibility index (Phi) is 4.91. The highest BCUT2D eigenvalue weighted by Crippen LogP contribution is 2.37. The highest BCUT2D eigenvalue weighted by Gasteiger charge is 2.12. The van der Waals surface area contributed by atoms with Gasteiger partial charge in [-0.3, -0.25) is 0 Å². The van der Waals surface area contributed by atoms with Crippen molar-refractivity contribution in [2.45, 2.75) is 13.0 Å². The van der Waals surface area contributed by atoms with Crippen LogP contribution >= 0.6 is 39.1 Å². The van der Waals surface area contributed by atoms with Gasteiger partial charge in [0.05, 0.1) is 14.5 Å². The van der Waals surface area contributed by atoms with Gasteiger partial charge in [-0.25, -0.2) is 4.39 Å². The summed E-state index contributed by atoms with van der Waals surface area (Å²) in [5, 5.41) is 0.421. The number of hydrogen-bond donors (Lipinski definition) is 1. The van der Waals surface area contributed by atoms with Crippen LogP contribution in [0.1, 0.15) is 18.5 Å². The average molecular weight is 379 g/mol. The van der Waals surface area contributed by atoms with Gasteiger partial charge in [-0.1, -0.05) is 29.3 Å². The van der Waals surface area contributed by atoms with Crippen molar-refractivity contribution >= 4 is 39.1 Å². The lowest BCUT2D eigenvalue weighted by molar-refractivity contribution is 0.473. The fourth-order valence-corrected chi connectivity index (χ4v) is 2.53. The summed E-state index contributed by atoms with van der Waals surface area (Å²) in [5.41, 5.74) is 6.67. The van der Waals surface area contributed by atoms with Crippen LogP contribution in [-0.4, -0.2) is 0 Å². The molecule has 0 saturated heterocycles. The van der Waals surface area contributed by atoms with Gasteiger partial charge in [-0.2, -0.15) is 0 Å². The molecule has 0 aliphatic heterocycles. The molecule has 2 aromatic rings. The first-order valence-electron chi connectivity index (χ1n) is 5.76. The van der Waals surface area contributed by atoms with E-state index in [0.29, 0.717) is 21.0 Å². The zero-order chi connectivity index (χ0) is 14.9. The first-order valence-corrected chi connectivity index (χ1v) is 7.31. The van der Waals surface area contributed by atoms with Gasteiger partial charge in [0.25, 0.3) is 0 Å². The van der Waals surface area contributed by atoms with Gasteiger partial charge < -0.3 is 10.5 Å². The van der Waals surface area contributed by atoms with Crippen LogP contribution in [-0.2, 0) is 0 Å². The first-order chi connectivity index (χ1) is 9.38. The quantitative estimate of drug-likeness (QED) is 0.694. The summed E-state index contributed by atoms with van der Waals surface area (Å²) in [6.45, 7) is 1.86. The van der Waals surface area contributed by atoms with Gasteiger partial charge in [0, 0.05) is 12.1 Å². The van der Waals surface area contributed by atoms with Crippen LogP contribution in [0.15, 0.2) is 34.8 Å². The summed E-state index contributed by atoms with van der Waals surface area (Å²) in [7, 11) is 0. The van der Waals surface area contributed by atoms with Gasteiger partial charge in [0.15, 0.2) is 0 Å². The minimum Gasteiger partial charge on any atom is -0.455 e. The van der Waals surface area contributed by atoms with Gasteiger partial charge in [0.1, 0.15) is 17.3 Å². The van der Waals surface area contributed by atoms with Gasteiger partial charge in [0.2, 0.25) is 0 Å². The van der Waals surface area contributed by atoms with Crippen molar-refractivity contribution in [3.05, 3.63) is 56.2 Å². The van der Waals surface area contributed by atoms with Crippen LogP contribution in [0.25, 0.3) is 0 Å². The standard InChI is InChI=1S/C14H11BrCl2FNO/c1-7(19)8-2-3-13(11(17)4-8)20-14-6-12(18)10(16)5-9(14)15/h2-7H,19H2,1H3/t7-/m1/s1. The van der Waals surface area contributed by atoms with Crippen LogP contribution in [0.2, 0.25) is 10.0 Å². The summed E-state index contributed by atoms with van der Waals surface area (Å²) in [4.78, 5) is 0. The molecule has 2 rings (SSSR count). The molecule has 0 aliphatic rings. The molecule has 0 unspecified atom stereocenters. The number of hydrogen-bond acceptors (Lipinski definition) is 2. The molecule has 0 aliphatic carbocycles. The molecule has 0 spiro atoms. The topological polar surface area (TPSA) is 35.2 Å². The van der Waals surface area contributed by atoms with E-state index in [1.807, 2.05) is 13.0 Å². The van der Waals surface area contributed by atoms with Gasteiger partial charge in [-0.05, 0) is 46.6 Å². The zero-order valence-corrected chi connectivity index (χ0v) is 13.6. The lowest BCUT2D eigenvalue weighted by Crippen LogP contribution is -2.04. The van der Waals surface area contributed by atoms with E-state index in [9.17, 15) is 4.39 Å². The van der Waals surface area contributed by atoms with Gasteiger partial charge >= 0.3 is 0 Å². The minimum atomic E-state index is -0.562. The number of nitrogens with two attached hydrogens (primary N) is 1. The van der Waals surface area contributed by atoms with Crippen molar-refractivity contribution in [1.29, 1.82) is 0 Å². The molecule has 0 fully saturated rings. The van der Waals surface area contributed by atoms with Crippen LogP contribution in [0, 0.1) is 5.82 Å². The maximum atomic E-state index is 13.5. The predicted octanol–water partition coefficient (Wildman–Crippen LogP) is 5.71. The molecule has 2 N–H and O–H groups in total. The molecule has 2 aromatic carbocycles. The molecular weight excluding hydrogens is 368 g/mol. The number of benzene rings is 2. The fraction of sp³-hybridized carbons (Fsp3) is 0.143. The van der Waals surface area contributed by atoms with Crippen molar-refractivity contribution in [1.82, 2.24) is 0 Å². The molecule has 0 saturated carbocycles. The first kappa shape index (κ1) is 15.6. The monoisotopic (exact) mass is 377 g/mol. The number of ether oxygens (including phenoxy) is 1. The zero-order valence-electron chi connectivity index (χ0n) is 10.5. The summed E-state index contributed by atoms with van der Waals surface area (Å²) in [6, 6.07) is 7.73. The molecule has 2 nitrogen and oxygen atoms in total. The summed E-state index contributed by atoms with van der Waals surface area (Å²) in [5.74, 6) is 0.147. The van der Waals surface area contributed by atoms with E-state index < -0.39 is 5.82 Å². The molecule has 0 heterocycles. The number of halogens is 4. The number of rotatable bonds is 3. The second-order valence-electron chi connectivity index (χ2n) is 4.28. The van der Waals surface area contributed by atoms with E-state index >= 15 is 0 Å². The maximum absolute atomic E-state index is 13.5. The van der Waals surface area contributed by atoms with Crippen molar-refractivity contribution in [3.63, 3.8) is 0 Å². The Morgan fingerprint density at radius 3 is 2.45 bits per heavy atom. The summed E-state index contributed by atoms with van der Waals surface area (Å²) in [6.07, 6.45) is 0. The van der Waals surface area contributed by atoms with Crippen molar-refractivity contribution in [2.24, 2.45) is 5.73 Å². The Morgan fingerprint density at radius 2 is 1.85 bits per heavy atom. The lowest BCUT2D eigenvalue weighted by atomic mass is 10.1. The highest BCUT2D eigenvalue weighted by atomic mass is 79.9. The molecular formula is C14H11BrCl2FNO. The van der Waals surface area contributed by atoms with E-state index in [2.05, 4.69) is 15.9 Å². The molecule has 106 valence electrons. The predicted molar refractivity (Wildman–Crippen MR) is 83.2 cm³/mol. The Morgan fingerprint density at radius 1 is 1.15 bits per heavy atom. The van der Waals surface area contributed by atoms with Gasteiger partial charge in [-0.15, -0.1) is 0 Å². The molecule has 0 radical (unpaired) electrons. The van der Waals surface area contributed by atoms with Crippen molar-refractivity contribution in [3.8, 4) is 11.5 Å². The minimum absolute atomic E-state index is 0.0163.